The molecule has 0 aromatic heterocycles. The Bertz CT molecular complexity index is 1030. The Hall–Kier alpha value is -3.16. The van der Waals surface area contributed by atoms with Crippen molar-refractivity contribution in [3.05, 3.63) is 84.2 Å². The van der Waals surface area contributed by atoms with Crippen LogP contribution in [0.3, 0.4) is 0 Å². The Balaban J connectivity index is 1.86. The second kappa shape index (κ2) is 7.69. The highest BCUT2D eigenvalue weighted by Crippen LogP contribution is 2.37. The summed E-state index contributed by atoms with van der Waals surface area (Å²) in [4.78, 5) is 0. The predicted octanol–water partition coefficient (Wildman–Crippen LogP) is 6.69. The van der Waals surface area contributed by atoms with Gasteiger partial charge in [0.2, 0.25) is 0 Å². The third-order valence-electron chi connectivity index (χ3n) is 4.04. The largest absolute Gasteiger partial charge is 0.490 e. The molecule has 0 fully saturated rings. The van der Waals surface area contributed by atoms with Gasteiger partial charge in [-0.2, -0.15) is 22.0 Å². The normalized spacial score (nSPS) is 12.1. The fourth-order valence-electron chi connectivity index (χ4n) is 2.66. The third kappa shape index (κ3) is 4.47. The van der Waals surface area contributed by atoms with E-state index in [1.807, 2.05) is 0 Å². The fourth-order valence-corrected chi connectivity index (χ4v) is 2.66. The molecule has 2 nitrogen and oxygen atoms in total. The van der Waals surface area contributed by atoms with Gasteiger partial charge in [-0.25, -0.2) is 4.39 Å². The van der Waals surface area contributed by atoms with E-state index in [0.29, 0.717) is 11.8 Å². The molecule has 0 bridgehead atoms. The highest BCUT2D eigenvalue weighted by atomic mass is 19.4. The van der Waals surface area contributed by atoms with E-state index >= 15 is 0 Å². The van der Waals surface area contributed by atoms with Gasteiger partial charge in [0.05, 0.1) is 11.1 Å². The van der Waals surface area contributed by atoms with Crippen LogP contribution in [0.25, 0.3) is 10.8 Å². The molecular formula is C21H14F6O2. The topological polar surface area (TPSA) is 18.5 Å². The highest BCUT2D eigenvalue weighted by molar-refractivity contribution is 5.85. The zero-order chi connectivity index (χ0) is 21.2. The lowest BCUT2D eigenvalue weighted by Crippen LogP contribution is -2.21. The van der Waals surface area contributed by atoms with Crippen molar-refractivity contribution in [3.63, 3.8) is 0 Å². The number of halogens is 6. The molecule has 0 heterocycles. The van der Waals surface area contributed by atoms with E-state index in [-0.39, 0.29) is 23.1 Å². The van der Waals surface area contributed by atoms with Crippen LogP contribution in [0.15, 0.2) is 67.3 Å². The molecule has 0 saturated heterocycles. The van der Waals surface area contributed by atoms with Crippen LogP contribution in [0, 0.1) is 5.82 Å². The van der Waals surface area contributed by atoms with Crippen molar-refractivity contribution in [1.82, 2.24) is 0 Å². The van der Waals surface area contributed by atoms with Gasteiger partial charge in [-0.15, -0.1) is 0 Å². The smallest absolute Gasteiger partial charge is 0.426 e. The molecule has 0 radical (unpaired) electrons. The number of ether oxygens (including phenoxy) is 2. The van der Waals surface area contributed by atoms with Crippen LogP contribution in [-0.2, 0) is 12.3 Å². The van der Waals surface area contributed by atoms with E-state index in [1.54, 1.807) is 0 Å². The second-order valence-corrected chi connectivity index (χ2v) is 6.05. The van der Waals surface area contributed by atoms with E-state index in [2.05, 4.69) is 6.58 Å². The summed E-state index contributed by atoms with van der Waals surface area (Å²) in [5, 5.41) is -0.351. The Kier molecular flexibility index (Phi) is 5.46. The Morgan fingerprint density at radius 2 is 1.52 bits per heavy atom. The summed E-state index contributed by atoms with van der Waals surface area (Å²) in [6.45, 7) is 3.70. The number of alkyl halides is 5. The van der Waals surface area contributed by atoms with Crippen molar-refractivity contribution in [2.24, 2.45) is 0 Å². The van der Waals surface area contributed by atoms with Gasteiger partial charge in [-0.1, -0.05) is 18.7 Å². The molecule has 0 amide bonds. The number of hydrogen-bond donors (Lipinski definition) is 0. The fraction of sp³-hybridized carbons (Fsp3) is 0.143. The minimum atomic E-state index is -4.86. The Labute approximate surface area is 162 Å². The first-order chi connectivity index (χ1) is 13.6. The third-order valence-corrected chi connectivity index (χ3v) is 4.04. The number of benzene rings is 3. The standard InChI is InChI=1S/C21H14F6O2/c1-2-11-28-15-6-4-14(5-7-15)21(26,27)29-16-8-9-17-13(12-16)3-10-18(19(17)22)20(23,24)25/h2-10,12H,1,11H2. The first kappa shape index (κ1) is 20.6. The molecule has 3 aromatic carbocycles. The SMILES string of the molecule is C=CCOc1ccc(C(F)(F)Oc2ccc3c(F)c(C(F)(F)F)ccc3c2)cc1. The first-order valence-corrected chi connectivity index (χ1v) is 8.32. The molecule has 0 unspecified atom stereocenters. The van der Waals surface area contributed by atoms with Gasteiger partial charge in [-0.3, -0.25) is 0 Å². The van der Waals surface area contributed by atoms with Crippen molar-refractivity contribution < 1.29 is 35.8 Å². The molecule has 3 rings (SSSR count). The quantitative estimate of drug-likeness (QED) is 0.332. The van der Waals surface area contributed by atoms with E-state index in [1.165, 1.54) is 18.2 Å². The summed E-state index contributed by atoms with van der Waals surface area (Å²) in [7, 11) is 0. The first-order valence-electron chi connectivity index (χ1n) is 8.32. The van der Waals surface area contributed by atoms with Gasteiger partial charge in [-0.05, 0) is 53.9 Å². The summed E-state index contributed by atoms with van der Waals surface area (Å²) < 4.78 is 91.2. The van der Waals surface area contributed by atoms with Crippen molar-refractivity contribution in [2.75, 3.05) is 6.61 Å². The number of fused-ring (bicyclic) bond motifs is 1. The molecule has 0 N–H and O–H groups in total. The maximum Gasteiger partial charge on any atom is 0.426 e. The lowest BCUT2D eigenvalue weighted by Gasteiger charge is -2.19. The number of rotatable bonds is 6. The molecule has 8 heteroatoms. The second-order valence-electron chi connectivity index (χ2n) is 6.05. The van der Waals surface area contributed by atoms with Crippen LogP contribution >= 0.6 is 0 Å². The van der Waals surface area contributed by atoms with Crippen LogP contribution in [-0.4, -0.2) is 6.61 Å². The Morgan fingerprint density at radius 1 is 0.862 bits per heavy atom. The number of hydrogen-bond acceptors (Lipinski definition) is 2. The molecular weight excluding hydrogens is 398 g/mol. The summed E-state index contributed by atoms with van der Waals surface area (Å²) in [6.07, 6.45) is -7.08. The lowest BCUT2D eigenvalue weighted by molar-refractivity contribution is -0.185. The minimum Gasteiger partial charge on any atom is -0.490 e. The van der Waals surface area contributed by atoms with Crippen LogP contribution in [0.1, 0.15) is 11.1 Å². The summed E-state index contributed by atoms with van der Waals surface area (Å²) in [6, 6.07) is 9.48. The molecule has 0 spiro atoms. The van der Waals surface area contributed by atoms with Gasteiger partial charge in [0.15, 0.2) is 0 Å². The lowest BCUT2D eigenvalue weighted by atomic mass is 10.1. The molecule has 0 saturated carbocycles. The molecule has 0 atom stereocenters. The maximum atomic E-state index is 14.4. The van der Waals surface area contributed by atoms with Crippen molar-refractivity contribution >= 4 is 10.8 Å². The van der Waals surface area contributed by atoms with Gasteiger partial charge < -0.3 is 9.47 Å². The predicted molar refractivity (Wildman–Crippen MR) is 95.6 cm³/mol. The van der Waals surface area contributed by atoms with Gasteiger partial charge in [0.25, 0.3) is 0 Å². The van der Waals surface area contributed by atoms with Crippen LogP contribution in [0.2, 0.25) is 0 Å². The maximum absolute atomic E-state index is 14.4. The molecule has 0 aliphatic heterocycles. The van der Waals surface area contributed by atoms with Gasteiger partial charge in [0.1, 0.15) is 23.9 Å². The summed E-state index contributed by atoms with van der Waals surface area (Å²) >= 11 is 0. The summed E-state index contributed by atoms with van der Waals surface area (Å²) in [5.41, 5.74) is -1.88. The van der Waals surface area contributed by atoms with Crippen molar-refractivity contribution in [3.8, 4) is 11.5 Å². The minimum absolute atomic E-state index is 0.00280. The van der Waals surface area contributed by atoms with E-state index in [9.17, 15) is 26.3 Å². The van der Waals surface area contributed by atoms with Crippen LogP contribution < -0.4 is 9.47 Å². The molecule has 152 valence electrons. The monoisotopic (exact) mass is 412 g/mol. The molecule has 0 aliphatic rings. The molecule has 3 aromatic rings. The van der Waals surface area contributed by atoms with Crippen LogP contribution in [0.4, 0.5) is 26.3 Å². The van der Waals surface area contributed by atoms with E-state index in [0.717, 1.165) is 36.4 Å². The highest BCUT2D eigenvalue weighted by Gasteiger charge is 2.36. The van der Waals surface area contributed by atoms with Gasteiger partial charge in [0, 0.05) is 5.39 Å². The zero-order valence-corrected chi connectivity index (χ0v) is 14.8. The van der Waals surface area contributed by atoms with Gasteiger partial charge >= 0.3 is 12.3 Å². The zero-order valence-electron chi connectivity index (χ0n) is 14.8. The Morgan fingerprint density at radius 3 is 2.14 bits per heavy atom. The van der Waals surface area contributed by atoms with E-state index < -0.39 is 29.2 Å². The molecule has 29 heavy (non-hydrogen) atoms. The van der Waals surface area contributed by atoms with Crippen molar-refractivity contribution in [1.29, 1.82) is 0 Å². The van der Waals surface area contributed by atoms with Crippen molar-refractivity contribution in [2.45, 2.75) is 12.3 Å². The summed E-state index contributed by atoms with van der Waals surface area (Å²) in [5.74, 6) is -1.43. The average molecular weight is 412 g/mol. The van der Waals surface area contributed by atoms with Crippen LogP contribution in [0.5, 0.6) is 11.5 Å². The average Bonchev–Trinajstić information content (AvgIpc) is 2.65. The molecule has 0 aliphatic carbocycles. The van der Waals surface area contributed by atoms with E-state index in [4.69, 9.17) is 9.47 Å².